The van der Waals surface area contributed by atoms with Crippen LogP contribution in [0.4, 0.5) is 0 Å². The van der Waals surface area contributed by atoms with E-state index in [0.29, 0.717) is 5.92 Å². The van der Waals surface area contributed by atoms with Crippen molar-refractivity contribution in [2.75, 3.05) is 13.1 Å². The SMILES string of the molecule is CC1(C)CN(C(=O)[C@H]2CCCC[C@H]2N)CCC1c1ccc(Cl)cc1. The molecule has 1 saturated heterocycles. The Morgan fingerprint density at radius 2 is 1.83 bits per heavy atom. The summed E-state index contributed by atoms with van der Waals surface area (Å²) in [7, 11) is 0. The number of amides is 1. The first-order valence-electron chi connectivity index (χ1n) is 9.18. The Bertz CT molecular complexity index is 584. The normalized spacial score (nSPS) is 30.2. The first-order chi connectivity index (χ1) is 11.4. The van der Waals surface area contributed by atoms with Gasteiger partial charge in [-0.05, 0) is 48.3 Å². The van der Waals surface area contributed by atoms with Gasteiger partial charge >= 0.3 is 0 Å². The number of hydrogen-bond donors (Lipinski definition) is 1. The van der Waals surface area contributed by atoms with E-state index in [-0.39, 0.29) is 23.3 Å². The van der Waals surface area contributed by atoms with Crippen molar-refractivity contribution < 1.29 is 4.79 Å². The van der Waals surface area contributed by atoms with Gasteiger partial charge in [-0.15, -0.1) is 0 Å². The molecule has 0 bridgehead atoms. The number of nitrogens with two attached hydrogens (primary N) is 1. The molecule has 1 amide bonds. The van der Waals surface area contributed by atoms with E-state index in [2.05, 4.69) is 30.9 Å². The van der Waals surface area contributed by atoms with Gasteiger partial charge in [-0.25, -0.2) is 0 Å². The fourth-order valence-electron chi connectivity index (χ4n) is 4.56. The average Bonchev–Trinajstić information content (AvgIpc) is 2.55. The summed E-state index contributed by atoms with van der Waals surface area (Å²) in [5, 5.41) is 0.774. The largest absolute Gasteiger partial charge is 0.342 e. The van der Waals surface area contributed by atoms with Crippen LogP contribution in [0.3, 0.4) is 0 Å². The standard InChI is InChI=1S/C20H29ClN2O/c1-20(2)13-23(19(24)16-5-3-4-6-18(16)22)12-11-17(20)14-7-9-15(21)10-8-14/h7-10,16-18H,3-6,11-13,22H2,1-2H3/t16-,17?,18+/m0/s1. The average molecular weight is 349 g/mol. The molecule has 1 unspecified atom stereocenters. The van der Waals surface area contributed by atoms with Crippen molar-refractivity contribution in [1.29, 1.82) is 0 Å². The minimum atomic E-state index is 0.0293. The molecule has 2 fully saturated rings. The molecule has 1 aliphatic heterocycles. The maximum Gasteiger partial charge on any atom is 0.227 e. The van der Waals surface area contributed by atoms with Crippen LogP contribution < -0.4 is 5.73 Å². The zero-order valence-corrected chi connectivity index (χ0v) is 15.6. The Morgan fingerprint density at radius 3 is 2.46 bits per heavy atom. The maximum absolute atomic E-state index is 13.0. The van der Waals surface area contributed by atoms with E-state index in [4.69, 9.17) is 17.3 Å². The number of carbonyl (C=O) groups is 1. The van der Waals surface area contributed by atoms with Gasteiger partial charge in [0.25, 0.3) is 0 Å². The van der Waals surface area contributed by atoms with E-state index < -0.39 is 0 Å². The summed E-state index contributed by atoms with van der Waals surface area (Å²) < 4.78 is 0. The Kier molecular flexibility index (Phi) is 5.22. The molecule has 2 N–H and O–H groups in total. The molecule has 3 atom stereocenters. The quantitative estimate of drug-likeness (QED) is 0.870. The van der Waals surface area contributed by atoms with E-state index in [9.17, 15) is 4.79 Å². The van der Waals surface area contributed by atoms with Gasteiger partial charge in [-0.2, -0.15) is 0 Å². The fourth-order valence-corrected chi connectivity index (χ4v) is 4.68. The van der Waals surface area contributed by atoms with Crippen molar-refractivity contribution in [3.05, 3.63) is 34.9 Å². The molecule has 1 aromatic carbocycles. The molecule has 3 rings (SSSR count). The van der Waals surface area contributed by atoms with E-state index in [1.165, 1.54) is 5.56 Å². The van der Waals surface area contributed by atoms with E-state index >= 15 is 0 Å². The number of carbonyl (C=O) groups excluding carboxylic acids is 1. The van der Waals surface area contributed by atoms with Crippen molar-refractivity contribution in [1.82, 2.24) is 4.90 Å². The number of benzene rings is 1. The second-order valence-corrected chi connectivity index (χ2v) is 8.63. The third kappa shape index (κ3) is 3.62. The maximum atomic E-state index is 13.0. The van der Waals surface area contributed by atoms with Crippen LogP contribution in [0, 0.1) is 11.3 Å². The van der Waals surface area contributed by atoms with Gasteiger partial charge in [0.1, 0.15) is 0 Å². The molecule has 3 nitrogen and oxygen atoms in total. The Hall–Kier alpha value is -1.06. The second-order valence-electron chi connectivity index (χ2n) is 8.20. The van der Waals surface area contributed by atoms with Gasteiger partial charge in [0.05, 0.1) is 5.92 Å². The van der Waals surface area contributed by atoms with Gasteiger partial charge in [-0.1, -0.05) is 50.4 Å². The highest BCUT2D eigenvalue weighted by Crippen LogP contribution is 2.43. The van der Waals surface area contributed by atoms with Crippen molar-refractivity contribution in [2.45, 2.75) is 57.9 Å². The van der Waals surface area contributed by atoms with Crippen LogP contribution in [0.1, 0.15) is 57.4 Å². The van der Waals surface area contributed by atoms with Crippen LogP contribution >= 0.6 is 11.6 Å². The van der Waals surface area contributed by atoms with Crippen LogP contribution in [-0.4, -0.2) is 29.9 Å². The van der Waals surface area contributed by atoms with Gasteiger partial charge in [-0.3, -0.25) is 4.79 Å². The third-order valence-electron chi connectivity index (χ3n) is 5.95. The topological polar surface area (TPSA) is 46.3 Å². The molecule has 0 aromatic heterocycles. The summed E-state index contributed by atoms with van der Waals surface area (Å²) in [6.07, 6.45) is 5.24. The summed E-state index contributed by atoms with van der Waals surface area (Å²) in [5.74, 6) is 0.769. The number of likely N-dealkylation sites (tertiary alicyclic amines) is 1. The zero-order valence-electron chi connectivity index (χ0n) is 14.8. The summed E-state index contributed by atoms with van der Waals surface area (Å²) in [6.45, 7) is 6.18. The molecule has 0 spiro atoms. The van der Waals surface area contributed by atoms with Gasteiger partial charge < -0.3 is 10.6 Å². The third-order valence-corrected chi connectivity index (χ3v) is 6.20. The number of halogens is 1. The molecule has 24 heavy (non-hydrogen) atoms. The predicted molar refractivity (Wildman–Crippen MR) is 99.1 cm³/mol. The fraction of sp³-hybridized carbons (Fsp3) is 0.650. The van der Waals surface area contributed by atoms with E-state index in [1.54, 1.807) is 0 Å². The first-order valence-corrected chi connectivity index (χ1v) is 9.56. The van der Waals surface area contributed by atoms with Crippen LogP contribution in [0.15, 0.2) is 24.3 Å². The van der Waals surface area contributed by atoms with Crippen LogP contribution in [0.25, 0.3) is 0 Å². The molecule has 1 saturated carbocycles. The molecule has 1 aliphatic carbocycles. The molecule has 4 heteroatoms. The van der Waals surface area contributed by atoms with Gasteiger partial charge in [0.2, 0.25) is 5.91 Å². The lowest BCUT2D eigenvalue weighted by Crippen LogP contribution is -2.52. The number of hydrogen-bond acceptors (Lipinski definition) is 2. The van der Waals surface area contributed by atoms with Crippen LogP contribution in [-0.2, 0) is 4.79 Å². The highest BCUT2D eigenvalue weighted by atomic mass is 35.5. The lowest BCUT2D eigenvalue weighted by atomic mass is 9.70. The summed E-state index contributed by atoms with van der Waals surface area (Å²) in [6, 6.07) is 8.23. The van der Waals surface area contributed by atoms with Gasteiger partial charge in [0.15, 0.2) is 0 Å². The number of rotatable bonds is 2. The molecular weight excluding hydrogens is 320 g/mol. The number of piperidine rings is 1. The first kappa shape index (κ1) is 17.8. The predicted octanol–water partition coefficient (Wildman–Crippen LogP) is 4.20. The highest BCUT2D eigenvalue weighted by Gasteiger charge is 2.41. The minimum absolute atomic E-state index is 0.0293. The lowest BCUT2D eigenvalue weighted by Gasteiger charge is -2.46. The summed E-state index contributed by atoms with van der Waals surface area (Å²) in [4.78, 5) is 15.0. The molecule has 1 heterocycles. The molecule has 1 aromatic rings. The van der Waals surface area contributed by atoms with Crippen molar-refractivity contribution in [2.24, 2.45) is 17.1 Å². The Labute approximate surface area is 150 Å². The van der Waals surface area contributed by atoms with Crippen molar-refractivity contribution >= 4 is 17.5 Å². The number of nitrogens with zero attached hydrogens (tertiary/aromatic N) is 1. The smallest absolute Gasteiger partial charge is 0.227 e. The van der Waals surface area contributed by atoms with Gasteiger partial charge in [0, 0.05) is 24.2 Å². The van der Waals surface area contributed by atoms with E-state index in [1.807, 2.05) is 12.1 Å². The second kappa shape index (κ2) is 7.05. The molecule has 2 aliphatic rings. The summed E-state index contributed by atoms with van der Waals surface area (Å²) in [5.41, 5.74) is 7.61. The molecule has 0 radical (unpaired) electrons. The van der Waals surface area contributed by atoms with Crippen LogP contribution in [0.2, 0.25) is 5.02 Å². The van der Waals surface area contributed by atoms with Crippen molar-refractivity contribution in [3.8, 4) is 0 Å². The summed E-state index contributed by atoms with van der Waals surface area (Å²) >= 11 is 6.02. The Balaban J connectivity index is 1.71. The molecular formula is C20H29ClN2O. The van der Waals surface area contributed by atoms with Crippen molar-refractivity contribution in [3.63, 3.8) is 0 Å². The van der Waals surface area contributed by atoms with Crippen LogP contribution in [0.5, 0.6) is 0 Å². The minimum Gasteiger partial charge on any atom is -0.342 e. The monoisotopic (exact) mass is 348 g/mol. The Morgan fingerprint density at radius 1 is 1.17 bits per heavy atom. The lowest BCUT2D eigenvalue weighted by molar-refractivity contribution is -0.140. The zero-order chi connectivity index (χ0) is 17.3. The highest BCUT2D eigenvalue weighted by molar-refractivity contribution is 6.30. The van der Waals surface area contributed by atoms with E-state index in [0.717, 1.165) is 50.2 Å². The molecule has 132 valence electrons.